The fraction of sp³-hybridized carbons (Fsp3) is 0.548. The van der Waals surface area contributed by atoms with Gasteiger partial charge in [-0.25, -0.2) is 14.6 Å². The zero-order chi connectivity index (χ0) is 37.5. The van der Waals surface area contributed by atoms with Crippen molar-refractivity contribution in [2.45, 2.75) is 90.0 Å². The number of aliphatic carboxylic acids is 2. The van der Waals surface area contributed by atoms with E-state index in [1.165, 1.54) is 6.92 Å². The number of hydrogen-bond acceptors (Lipinski definition) is 12. The fourth-order valence-corrected chi connectivity index (χ4v) is 4.42. The highest BCUT2D eigenvalue weighted by Gasteiger charge is 2.53. The average molecular weight is 710 g/mol. The van der Waals surface area contributed by atoms with Crippen LogP contribution in [0.15, 0.2) is 30.3 Å². The molecule has 5 amide bonds. The van der Waals surface area contributed by atoms with Gasteiger partial charge in [0, 0.05) is 6.42 Å². The largest absolute Gasteiger partial charge is 0.481 e. The smallest absolute Gasteiger partial charge is 0.408 e. The molecule has 50 heavy (non-hydrogen) atoms. The summed E-state index contributed by atoms with van der Waals surface area (Å²) in [7, 11) is 0. The van der Waals surface area contributed by atoms with E-state index < -0.39 is 109 Å². The van der Waals surface area contributed by atoms with Gasteiger partial charge in [0.15, 0.2) is 12.2 Å². The summed E-state index contributed by atoms with van der Waals surface area (Å²) in [4.78, 5) is 100. The number of nitrogens with zero attached hydrogens (tertiary/aromatic N) is 1. The molecule has 1 aliphatic rings. The maximum atomic E-state index is 13.4. The number of hydrogen-bond donors (Lipinski definition) is 7. The van der Waals surface area contributed by atoms with Crippen molar-refractivity contribution in [3.63, 3.8) is 0 Å². The Labute approximate surface area is 286 Å². The summed E-state index contributed by atoms with van der Waals surface area (Å²) in [5.74, 6) is -8.69. The van der Waals surface area contributed by atoms with Crippen molar-refractivity contribution in [3.8, 4) is 0 Å². The predicted octanol–water partition coefficient (Wildman–Crippen LogP) is -1.18. The number of esters is 1. The zero-order valence-corrected chi connectivity index (χ0v) is 28.0. The Bertz CT molecular complexity index is 1390. The van der Waals surface area contributed by atoms with Crippen LogP contribution in [0.25, 0.3) is 0 Å². The van der Waals surface area contributed by atoms with E-state index in [1.807, 2.05) is 5.43 Å². The second-order valence-corrected chi connectivity index (χ2v) is 11.3. The number of nitrogens with one attached hydrogen (secondary N) is 4. The first-order chi connectivity index (χ1) is 23.6. The highest BCUT2D eigenvalue weighted by atomic mass is 16.6. The Morgan fingerprint density at radius 2 is 1.50 bits per heavy atom. The molecule has 19 heteroatoms. The average Bonchev–Trinajstić information content (AvgIpc) is 3.87. The lowest BCUT2D eigenvalue weighted by Crippen LogP contribution is -2.62. The molecule has 19 nitrogen and oxygen atoms in total. The number of amides is 5. The number of aliphatic hydroxyl groups is 1. The predicted molar refractivity (Wildman–Crippen MR) is 168 cm³/mol. The normalized spacial score (nSPS) is 17.7. The van der Waals surface area contributed by atoms with Crippen LogP contribution < -0.4 is 21.4 Å². The van der Waals surface area contributed by atoms with Gasteiger partial charge in [0.1, 0.15) is 31.3 Å². The quantitative estimate of drug-likeness (QED) is 0.0506. The number of aliphatic hydroxyl groups excluding tert-OH is 1. The molecule has 2 rings (SSSR count). The van der Waals surface area contributed by atoms with Crippen molar-refractivity contribution >= 4 is 47.6 Å². The van der Waals surface area contributed by atoms with Gasteiger partial charge in [-0.05, 0) is 31.7 Å². The molecule has 1 fully saturated rings. The minimum Gasteiger partial charge on any atom is -0.481 e. The molecular formula is C31H43N5O14. The summed E-state index contributed by atoms with van der Waals surface area (Å²) in [6, 6.07) is 4.01. The number of epoxide rings is 1. The highest BCUT2D eigenvalue weighted by molar-refractivity contribution is 5.97. The van der Waals surface area contributed by atoms with Gasteiger partial charge in [-0.15, -0.1) is 0 Å². The summed E-state index contributed by atoms with van der Waals surface area (Å²) in [5.41, 5.74) is 2.66. The number of carbonyl (C=O) groups excluding carboxylic acids is 6. The number of ether oxygens (including phenoxy) is 3. The minimum atomic E-state index is -1.87. The first-order valence-corrected chi connectivity index (χ1v) is 15.7. The third-order valence-corrected chi connectivity index (χ3v) is 7.38. The van der Waals surface area contributed by atoms with E-state index in [4.69, 9.17) is 14.2 Å². The van der Waals surface area contributed by atoms with Crippen LogP contribution in [0.4, 0.5) is 4.79 Å². The van der Waals surface area contributed by atoms with Crippen LogP contribution in [-0.2, 0) is 54.4 Å². The lowest BCUT2D eigenvalue weighted by Gasteiger charge is -2.29. The Kier molecular flexibility index (Phi) is 16.1. The van der Waals surface area contributed by atoms with E-state index in [0.717, 1.165) is 6.92 Å². The van der Waals surface area contributed by atoms with E-state index in [2.05, 4.69) is 16.0 Å². The van der Waals surface area contributed by atoms with Crippen LogP contribution in [0.2, 0.25) is 0 Å². The molecule has 1 aliphatic heterocycles. The van der Waals surface area contributed by atoms with Crippen LogP contribution in [0.3, 0.4) is 0 Å². The van der Waals surface area contributed by atoms with Crippen molar-refractivity contribution in [3.05, 3.63) is 35.9 Å². The third-order valence-electron chi connectivity index (χ3n) is 7.38. The Morgan fingerprint density at radius 3 is 2.06 bits per heavy atom. The van der Waals surface area contributed by atoms with Gasteiger partial charge in [0.2, 0.25) is 11.8 Å². The molecule has 276 valence electrons. The van der Waals surface area contributed by atoms with Gasteiger partial charge < -0.3 is 45.5 Å². The second-order valence-electron chi connectivity index (χ2n) is 11.3. The summed E-state index contributed by atoms with van der Waals surface area (Å²) >= 11 is 0. The van der Waals surface area contributed by atoms with E-state index in [1.54, 1.807) is 44.2 Å². The molecule has 0 bridgehead atoms. The molecule has 1 aromatic rings. The van der Waals surface area contributed by atoms with Crippen LogP contribution >= 0.6 is 0 Å². The molecular weight excluding hydrogens is 666 g/mol. The lowest BCUT2D eigenvalue weighted by molar-refractivity contribution is -0.152. The Morgan fingerprint density at radius 1 is 0.840 bits per heavy atom. The Balaban J connectivity index is 2.19. The van der Waals surface area contributed by atoms with E-state index in [9.17, 15) is 53.7 Å². The van der Waals surface area contributed by atoms with Crippen LogP contribution in [0.1, 0.15) is 52.5 Å². The molecule has 0 aliphatic carbocycles. The van der Waals surface area contributed by atoms with Crippen molar-refractivity contribution in [1.29, 1.82) is 0 Å². The maximum absolute atomic E-state index is 13.4. The highest BCUT2D eigenvalue weighted by Crippen LogP contribution is 2.25. The summed E-state index contributed by atoms with van der Waals surface area (Å²) in [6.07, 6.45) is -6.11. The topological polar surface area (TPSA) is 280 Å². The number of rotatable bonds is 19. The molecule has 0 spiro atoms. The maximum Gasteiger partial charge on any atom is 0.408 e. The van der Waals surface area contributed by atoms with Crippen molar-refractivity contribution in [2.75, 3.05) is 13.2 Å². The van der Waals surface area contributed by atoms with Gasteiger partial charge in [-0.3, -0.25) is 34.2 Å². The number of benzene rings is 1. The number of carbonyl (C=O) groups is 8. The second kappa shape index (κ2) is 19.6. The van der Waals surface area contributed by atoms with Crippen LogP contribution in [0, 0.1) is 5.92 Å². The monoisotopic (exact) mass is 709 g/mol. The zero-order valence-electron chi connectivity index (χ0n) is 28.0. The molecule has 7 N–H and O–H groups in total. The molecule has 1 heterocycles. The Hall–Kier alpha value is -5.30. The number of carboxylic acid groups (broad SMARTS) is 2. The van der Waals surface area contributed by atoms with Crippen LogP contribution in [0.5, 0.6) is 0 Å². The number of hydrazine groups is 1. The summed E-state index contributed by atoms with van der Waals surface area (Å²) < 4.78 is 14.9. The molecule has 1 aromatic carbocycles. The molecule has 1 saturated heterocycles. The van der Waals surface area contributed by atoms with Gasteiger partial charge >= 0.3 is 24.0 Å². The molecule has 5 unspecified atom stereocenters. The van der Waals surface area contributed by atoms with Crippen molar-refractivity contribution in [1.82, 2.24) is 26.4 Å². The molecule has 0 saturated carbocycles. The third kappa shape index (κ3) is 13.0. The van der Waals surface area contributed by atoms with Gasteiger partial charge in [0.05, 0.1) is 12.7 Å². The van der Waals surface area contributed by atoms with Crippen molar-refractivity contribution < 1.29 is 67.9 Å². The first kappa shape index (κ1) is 40.9. The molecule has 7 atom stereocenters. The lowest BCUT2D eigenvalue weighted by atomic mass is 9.97. The molecule has 0 radical (unpaired) electrons. The van der Waals surface area contributed by atoms with Gasteiger partial charge in [0.25, 0.3) is 11.8 Å². The van der Waals surface area contributed by atoms with Crippen LogP contribution in [-0.4, -0.2) is 118 Å². The standard InChI is InChI=1S/C31H43N5O14/c1-5-16(3)22(34-31(47)49-15-18-10-8-7-9-11-18)27(43)32-19(12-13-20(38)39)26(42)33-23(17(4)37)28(44)35-36(14-21(40)41)29(45)24-25(50-24)30(46)48-6-2/h7-11,16-17,19,22-25,37H,5-6,12-15H2,1-4H3,(H,32,43)(H,33,42)(H,34,47)(H,35,44)(H,38,39)(H,40,41)/t16?,17?,19?,22?,23?,24-,25-/m0/s1. The SMILES string of the molecule is CCOC(=O)[C@H]1O[C@@H]1C(=O)N(CC(=O)O)NC(=O)C(NC(=O)C(CCC(=O)O)NC(=O)C(NC(=O)OCc1ccccc1)C(C)CC)C(C)O. The van der Waals surface area contributed by atoms with E-state index in [0.29, 0.717) is 17.0 Å². The van der Waals surface area contributed by atoms with E-state index in [-0.39, 0.29) is 13.2 Å². The minimum absolute atomic E-state index is 0.0189. The van der Waals surface area contributed by atoms with E-state index >= 15 is 0 Å². The number of carboxylic acids is 2. The van der Waals surface area contributed by atoms with Gasteiger partial charge in [-0.1, -0.05) is 50.6 Å². The van der Waals surface area contributed by atoms with Crippen molar-refractivity contribution in [2.24, 2.45) is 5.92 Å². The summed E-state index contributed by atoms with van der Waals surface area (Å²) in [5, 5.41) is 36.2. The first-order valence-electron chi connectivity index (χ1n) is 15.7. The fourth-order valence-electron chi connectivity index (χ4n) is 4.42. The number of alkyl carbamates (subject to hydrolysis) is 1. The molecule has 0 aromatic heterocycles. The summed E-state index contributed by atoms with van der Waals surface area (Å²) in [6.45, 7) is 4.78. The van der Waals surface area contributed by atoms with Gasteiger partial charge in [-0.2, -0.15) is 0 Å².